The summed E-state index contributed by atoms with van der Waals surface area (Å²) in [4.78, 5) is -0.0646. The van der Waals surface area contributed by atoms with E-state index in [0.717, 1.165) is 0 Å². The largest absolute Gasteiger partial charge is 0.398 e. The van der Waals surface area contributed by atoms with Crippen LogP contribution in [-0.2, 0) is 10.0 Å². The summed E-state index contributed by atoms with van der Waals surface area (Å²) < 4.78 is 25.4. The zero-order chi connectivity index (χ0) is 11.5. The van der Waals surface area contributed by atoms with E-state index < -0.39 is 10.0 Å². The van der Waals surface area contributed by atoms with Gasteiger partial charge < -0.3 is 5.73 Å². The van der Waals surface area contributed by atoms with E-state index in [-0.39, 0.29) is 17.1 Å². The molecule has 0 aromatic heterocycles. The van der Waals surface area contributed by atoms with Gasteiger partial charge in [-0.2, -0.15) is 4.72 Å². The third kappa shape index (κ3) is 2.86. The number of sulfonamides is 1. The average Bonchev–Trinajstić information content (AvgIpc) is 2.18. The van der Waals surface area contributed by atoms with Crippen LogP contribution in [0, 0.1) is 12.3 Å². The quantitative estimate of drug-likeness (QED) is 0.611. The van der Waals surface area contributed by atoms with Crippen molar-refractivity contribution in [3.63, 3.8) is 0 Å². The molecule has 0 saturated carbocycles. The van der Waals surface area contributed by atoms with Gasteiger partial charge in [0.1, 0.15) is 4.90 Å². The lowest BCUT2D eigenvalue weighted by molar-refractivity contribution is 0.586. The van der Waals surface area contributed by atoms with Crippen LogP contribution in [0.25, 0.3) is 0 Å². The molecule has 0 aliphatic heterocycles. The zero-order valence-corrected chi connectivity index (χ0v) is 9.27. The summed E-state index contributed by atoms with van der Waals surface area (Å²) in [5.41, 5.74) is 5.65. The molecular formula is C9H9ClN2O2S. The first kappa shape index (κ1) is 11.9. The number of hydrogen-bond donors (Lipinski definition) is 2. The number of halogens is 1. The summed E-state index contributed by atoms with van der Waals surface area (Å²) in [6, 6.07) is 4.21. The molecule has 1 rings (SSSR count). The van der Waals surface area contributed by atoms with Gasteiger partial charge in [-0.25, -0.2) is 8.42 Å². The van der Waals surface area contributed by atoms with Crippen molar-refractivity contribution in [2.75, 3.05) is 12.3 Å². The van der Waals surface area contributed by atoms with E-state index in [1.165, 1.54) is 18.2 Å². The highest BCUT2D eigenvalue weighted by molar-refractivity contribution is 7.89. The van der Waals surface area contributed by atoms with E-state index >= 15 is 0 Å². The van der Waals surface area contributed by atoms with Crippen LogP contribution in [0.15, 0.2) is 23.1 Å². The number of benzene rings is 1. The third-order valence-electron chi connectivity index (χ3n) is 1.63. The minimum absolute atomic E-state index is 0.0646. The van der Waals surface area contributed by atoms with Gasteiger partial charge in [0.15, 0.2) is 0 Å². The lowest BCUT2D eigenvalue weighted by atomic mass is 10.3. The second-order valence-electron chi connectivity index (χ2n) is 2.71. The van der Waals surface area contributed by atoms with E-state index in [2.05, 4.69) is 10.6 Å². The Morgan fingerprint density at radius 2 is 2.20 bits per heavy atom. The third-order valence-corrected chi connectivity index (χ3v) is 3.32. The number of nitrogens with two attached hydrogens (primary N) is 1. The van der Waals surface area contributed by atoms with Crippen LogP contribution < -0.4 is 10.5 Å². The maximum atomic E-state index is 11.6. The maximum absolute atomic E-state index is 11.6. The van der Waals surface area contributed by atoms with Crippen molar-refractivity contribution in [2.24, 2.45) is 0 Å². The van der Waals surface area contributed by atoms with Gasteiger partial charge in [0.2, 0.25) is 10.0 Å². The Labute approximate surface area is 93.5 Å². The molecule has 0 saturated heterocycles. The SMILES string of the molecule is C#CCNS(=O)(=O)c1cc(Cl)ccc1N. The van der Waals surface area contributed by atoms with Gasteiger partial charge in [-0.05, 0) is 18.2 Å². The van der Waals surface area contributed by atoms with Crippen molar-refractivity contribution in [1.29, 1.82) is 0 Å². The first-order chi connectivity index (χ1) is 6.97. The second-order valence-corrected chi connectivity index (χ2v) is 4.88. The summed E-state index contributed by atoms with van der Waals surface area (Å²) in [6.07, 6.45) is 4.95. The van der Waals surface area contributed by atoms with Gasteiger partial charge in [-0.3, -0.25) is 0 Å². The standard InChI is InChI=1S/C9H9ClN2O2S/c1-2-5-12-15(13,14)9-6-7(10)3-4-8(9)11/h1,3-4,6,12H,5,11H2. The fraction of sp³-hybridized carbons (Fsp3) is 0.111. The summed E-state index contributed by atoms with van der Waals surface area (Å²) in [7, 11) is -3.68. The predicted octanol–water partition coefficient (Wildman–Crippen LogP) is 0.834. The highest BCUT2D eigenvalue weighted by Crippen LogP contribution is 2.22. The first-order valence-electron chi connectivity index (χ1n) is 3.95. The van der Waals surface area contributed by atoms with Gasteiger partial charge in [0.25, 0.3) is 0 Å². The molecule has 4 nitrogen and oxygen atoms in total. The molecule has 0 fully saturated rings. The van der Waals surface area contributed by atoms with E-state index in [9.17, 15) is 8.42 Å². The summed E-state index contributed by atoms with van der Waals surface area (Å²) in [5.74, 6) is 2.16. The van der Waals surface area contributed by atoms with Crippen LogP contribution >= 0.6 is 11.6 Å². The molecule has 0 radical (unpaired) electrons. The van der Waals surface area contributed by atoms with Crippen molar-refractivity contribution in [2.45, 2.75) is 4.90 Å². The Morgan fingerprint density at radius 3 is 2.80 bits per heavy atom. The molecular weight excluding hydrogens is 236 g/mol. The van der Waals surface area contributed by atoms with Crippen LogP contribution in [0.3, 0.4) is 0 Å². The smallest absolute Gasteiger partial charge is 0.243 e. The number of hydrogen-bond acceptors (Lipinski definition) is 3. The van der Waals surface area contributed by atoms with Crippen LogP contribution in [0.2, 0.25) is 5.02 Å². The van der Waals surface area contributed by atoms with Gasteiger partial charge in [-0.1, -0.05) is 17.5 Å². The van der Waals surface area contributed by atoms with Crippen LogP contribution in [-0.4, -0.2) is 15.0 Å². The lowest BCUT2D eigenvalue weighted by Gasteiger charge is -2.07. The fourth-order valence-electron chi connectivity index (χ4n) is 0.955. The number of anilines is 1. The van der Waals surface area contributed by atoms with Gasteiger partial charge in [0, 0.05) is 5.02 Å². The van der Waals surface area contributed by atoms with Crippen molar-refractivity contribution >= 4 is 27.3 Å². The van der Waals surface area contributed by atoms with E-state index in [0.29, 0.717) is 5.02 Å². The number of terminal acetylenes is 1. The second kappa shape index (κ2) is 4.53. The predicted molar refractivity (Wildman–Crippen MR) is 59.9 cm³/mol. The molecule has 0 bridgehead atoms. The Balaban J connectivity index is 3.16. The summed E-state index contributed by atoms with van der Waals surface area (Å²) >= 11 is 5.67. The molecule has 0 unspecified atom stereocenters. The zero-order valence-electron chi connectivity index (χ0n) is 7.70. The molecule has 1 aromatic rings. The van der Waals surface area contributed by atoms with Gasteiger partial charge in [-0.15, -0.1) is 6.42 Å². The van der Waals surface area contributed by atoms with Crippen molar-refractivity contribution < 1.29 is 8.42 Å². The van der Waals surface area contributed by atoms with E-state index in [4.69, 9.17) is 23.8 Å². The van der Waals surface area contributed by atoms with Crippen molar-refractivity contribution in [3.05, 3.63) is 23.2 Å². The highest BCUT2D eigenvalue weighted by atomic mass is 35.5. The normalized spacial score (nSPS) is 10.9. The Kier molecular flexibility index (Phi) is 3.58. The topological polar surface area (TPSA) is 72.2 Å². The molecule has 6 heteroatoms. The molecule has 0 aliphatic rings. The van der Waals surface area contributed by atoms with Crippen LogP contribution in [0.5, 0.6) is 0 Å². The fourth-order valence-corrected chi connectivity index (χ4v) is 2.28. The molecule has 1 aromatic carbocycles. The van der Waals surface area contributed by atoms with Crippen LogP contribution in [0.4, 0.5) is 5.69 Å². The minimum Gasteiger partial charge on any atom is -0.398 e. The molecule has 15 heavy (non-hydrogen) atoms. The molecule has 0 heterocycles. The van der Waals surface area contributed by atoms with E-state index in [1.54, 1.807) is 0 Å². The summed E-state index contributed by atoms with van der Waals surface area (Å²) in [5, 5.41) is 0.297. The van der Waals surface area contributed by atoms with Crippen molar-refractivity contribution in [1.82, 2.24) is 4.72 Å². The number of nitrogens with one attached hydrogen (secondary N) is 1. The molecule has 0 atom stereocenters. The van der Waals surface area contributed by atoms with Crippen molar-refractivity contribution in [3.8, 4) is 12.3 Å². The van der Waals surface area contributed by atoms with E-state index in [1.807, 2.05) is 0 Å². The first-order valence-corrected chi connectivity index (χ1v) is 5.81. The number of nitrogen functional groups attached to an aromatic ring is 1. The Morgan fingerprint density at radius 1 is 1.53 bits per heavy atom. The molecule has 0 amide bonds. The highest BCUT2D eigenvalue weighted by Gasteiger charge is 2.16. The monoisotopic (exact) mass is 244 g/mol. The van der Waals surface area contributed by atoms with Gasteiger partial charge >= 0.3 is 0 Å². The van der Waals surface area contributed by atoms with Gasteiger partial charge in [0.05, 0.1) is 12.2 Å². The average molecular weight is 245 g/mol. The molecule has 3 N–H and O–H groups in total. The molecule has 80 valence electrons. The maximum Gasteiger partial charge on any atom is 0.243 e. The van der Waals surface area contributed by atoms with Crippen LogP contribution in [0.1, 0.15) is 0 Å². The molecule has 0 spiro atoms. The Bertz CT molecular complexity index is 505. The Hall–Kier alpha value is -1.22. The minimum atomic E-state index is -3.68. The molecule has 0 aliphatic carbocycles. The summed E-state index contributed by atoms with van der Waals surface area (Å²) in [6.45, 7) is -0.0890. The lowest BCUT2D eigenvalue weighted by Crippen LogP contribution is -2.24. The number of rotatable bonds is 3.